The Hall–Kier alpha value is -2.63. The molecule has 2 amide bonds. The molecule has 6 nitrogen and oxygen atoms in total. The third kappa shape index (κ3) is 3.04. The van der Waals surface area contributed by atoms with Crippen LogP contribution >= 0.6 is 0 Å². The van der Waals surface area contributed by atoms with Gasteiger partial charge in [-0.1, -0.05) is 12.1 Å². The zero-order valence-electron chi connectivity index (χ0n) is 14.0. The SMILES string of the molecule is CC(=N)[C@@H]1CCCN1C(=O)CNC(=O)c1c[nH]c2cc(C)ccc12. The van der Waals surface area contributed by atoms with Crippen molar-refractivity contribution in [3.8, 4) is 0 Å². The van der Waals surface area contributed by atoms with Crippen LogP contribution in [-0.4, -0.2) is 46.5 Å². The Morgan fingerprint density at radius 2 is 2.21 bits per heavy atom. The van der Waals surface area contributed by atoms with Gasteiger partial charge >= 0.3 is 0 Å². The maximum atomic E-state index is 12.4. The number of nitrogens with zero attached hydrogens (tertiary/aromatic N) is 1. The fourth-order valence-corrected chi connectivity index (χ4v) is 3.30. The molecule has 24 heavy (non-hydrogen) atoms. The Labute approximate surface area is 140 Å². The molecule has 0 aliphatic carbocycles. The molecule has 1 aliphatic rings. The Morgan fingerprint density at radius 1 is 1.42 bits per heavy atom. The van der Waals surface area contributed by atoms with E-state index in [9.17, 15) is 9.59 Å². The first-order valence-electron chi connectivity index (χ1n) is 8.18. The van der Waals surface area contributed by atoms with Crippen LogP contribution in [0.15, 0.2) is 24.4 Å². The summed E-state index contributed by atoms with van der Waals surface area (Å²) in [5.74, 6) is -0.395. The lowest BCUT2D eigenvalue weighted by Crippen LogP contribution is -2.44. The smallest absolute Gasteiger partial charge is 0.253 e. The fourth-order valence-electron chi connectivity index (χ4n) is 3.30. The van der Waals surface area contributed by atoms with Crippen molar-refractivity contribution >= 4 is 28.4 Å². The fraction of sp³-hybridized carbons (Fsp3) is 0.389. The summed E-state index contributed by atoms with van der Waals surface area (Å²) in [5.41, 5.74) is 3.07. The quantitative estimate of drug-likeness (QED) is 0.752. The minimum absolute atomic E-state index is 0.0405. The van der Waals surface area contributed by atoms with Crippen molar-refractivity contribution in [3.63, 3.8) is 0 Å². The lowest BCUT2D eigenvalue weighted by Gasteiger charge is -2.24. The lowest BCUT2D eigenvalue weighted by atomic mass is 10.1. The van der Waals surface area contributed by atoms with Crippen molar-refractivity contribution in [1.29, 1.82) is 5.41 Å². The molecule has 2 heterocycles. The normalized spacial score (nSPS) is 17.2. The number of aromatic nitrogens is 1. The molecule has 0 unspecified atom stereocenters. The molecule has 0 saturated carbocycles. The van der Waals surface area contributed by atoms with Gasteiger partial charge in [-0.05, 0) is 38.3 Å². The molecule has 1 fully saturated rings. The van der Waals surface area contributed by atoms with E-state index >= 15 is 0 Å². The van der Waals surface area contributed by atoms with E-state index in [2.05, 4.69) is 10.3 Å². The molecule has 0 radical (unpaired) electrons. The number of aryl methyl sites for hydroxylation is 1. The number of likely N-dealkylation sites (tertiary alicyclic amines) is 1. The summed E-state index contributed by atoms with van der Waals surface area (Å²) >= 11 is 0. The number of rotatable bonds is 4. The number of carbonyl (C=O) groups excluding carboxylic acids is 2. The second-order valence-electron chi connectivity index (χ2n) is 6.36. The van der Waals surface area contributed by atoms with Crippen LogP contribution < -0.4 is 5.32 Å². The third-order valence-electron chi connectivity index (χ3n) is 4.56. The monoisotopic (exact) mass is 326 g/mol. The predicted molar refractivity (Wildman–Crippen MR) is 93.5 cm³/mol. The first kappa shape index (κ1) is 16.2. The maximum Gasteiger partial charge on any atom is 0.253 e. The van der Waals surface area contributed by atoms with Crippen molar-refractivity contribution < 1.29 is 9.59 Å². The molecule has 6 heteroatoms. The number of amides is 2. The van der Waals surface area contributed by atoms with Gasteiger partial charge < -0.3 is 20.6 Å². The van der Waals surface area contributed by atoms with E-state index < -0.39 is 0 Å². The highest BCUT2D eigenvalue weighted by molar-refractivity contribution is 6.07. The minimum Gasteiger partial charge on any atom is -0.360 e. The van der Waals surface area contributed by atoms with E-state index in [0.717, 1.165) is 29.3 Å². The molecule has 126 valence electrons. The van der Waals surface area contributed by atoms with Crippen LogP contribution in [0.4, 0.5) is 0 Å². The highest BCUT2D eigenvalue weighted by Gasteiger charge is 2.30. The minimum atomic E-state index is -0.263. The number of hydrogen-bond acceptors (Lipinski definition) is 3. The lowest BCUT2D eigenvalue weighted by molar-refractivity contribution is -0.129. The van der Waals surface area contributed by atoms with Gasteiger partial charge in [0.15, 0.2) is 0 Å². The predicted octanol–water partition coefficient (Wildman–Crippen LogP) is 2.24. The van der Waals surface area contributed by atoms with Gasteiger partial charge in [0.2, 0.25) is 5.91 Å². The van der Waals surface area contributed by atoms with Crippen LogP contribution in [0.5, 0.6) is 0 Å². The summed E-state index contributed by atoms with van der Waals surface area (Å²) in [7, 11) is 0. The average molecular weight is 326 g/mol. The highest BCUT2D eigenvalue weighted by Crippen LogP contribution is 2.20. The highest BCUT2D eigenvalue weighted by atomic mass is 16.2. The van der Waals surface area contributed by atoms with Gasteiger partial charge in [-0.3, -0.25) is 9.59 Å². The Morgan fingerprint density at radius 3 is 2.96 bits per heavy atom. The molecule has 3 N–H and O–H groups in total. The first-order chi connectivity index (χ1) is 11.5. The van der Waals surface area contributed by atoms with Crippen LogP contribution in [0.1, 0.15) is 35.7 Å². The van der Waals surface area contributed by atoms with E-state index in [0.29, 0.717) is 17.8 Å². The van der Waals surface area contributed by atoms with E-state index in [1.807, 2.05) is 25.1 Å². The Balaban J connectivity index is 1.66. The zero-order valence-corrected chi connectivity index (χ0v) is 14.0. The van der Waals surface area contributed by atoms with Crippen LogP contribution in [-0.2, 0) is 4.79 Å². The van der Waals surface area contributed by atoms with Gasteiger partial charge in [-0.2, -0.15) is 0 Å². The number of fused-ring (bicyclic) bond motifs is 1. The maximum absolute atomic E-state index is 12.4. The van der Waals surface area contributed by atoms with Gasteiger partial charge in [0.05, 0.1) is 18.2 Å². The van der Waals surface area contributed by atoms with Crippen molar-refractivity contribution in [2.24, 2.45) is 0 Å². The molecule has 1 aliphatic heterocycles. The Bertz CT molecular complexity index is 808. The molecular formula is C18H22N4O2. The summed E-state index contributed by atoms with van der Waals surface area (Å²) in [5, 5.41) is 11.3. The van der Waals surface area contributed by atoms with Crippen LogP contribution in [0.3, 0.4) is 0 Å². The van der Waals surface area contributed by atoms with Crippen molar-refractivity contribution in [1.82, 2.24) is 15.2 Å². The van der Waals surface area contributed by atoms with Crippen LogP contribution in [0, 0.1) is 12.3 Å². The number of benzene rings is 1. The topological polar surface area (TPSA) is 89.1 Å². The van der Waals surface area contributed by atoms with E-state index in [1.165, 1.54) is 0 Å². The Kier molecular flexibility index (Phi) is 4.38. The molecule has 0 spiro atoms. The molecule has 2 aromatic rings. The molecule has 0 bridgehead atoms. The van der Waals surface area contributed by atoms with Crippen LogP contribution in [0.25, 0.3) is 10.9 Å². The summed E-state index contributed by atoms with van der Waals surface area (Å²) in [4.78, 5) is 29.5. The van der Waals surface area contributed by atoms with Gasteiger partial charge in [-0.25, -0.2) is 0 Å². The summed E-state index contributed by atoms with van der Waals surface area (Å²) in [6.45, 7) is 4.34. The third-order valence-corrected chi connectivity index (χ3v) is 4.56. The number of hydrogen-bond donors (Lipinski definition) is 3. The molecule has 1 saturated heterocycles. The number of carbonyl (C=O) groups is 2. The van der Waals surface area contributed by atoms with Gasteiger partial charge in [0, 0.05) is 29.4 Å². The largest absolute Gasteiger partial charge is 0.360 e. The van der Waals surface area contributed by atoms with E-state index in [4.69, 9.17) is 5.41 Å². The van der Waals surface area contributed by atoms with E-state index in [-0.39, 0.29) is 24.4 Å². The summed E-state index contributed by atoms with van der Waals surface area (Å²) in [6, 6.07) is 5.73. The van der Waals surface area contributed by atoms with Crippen molar-refractivity contribution in [3.05, 3.63) is 35.5 Å². The zero-order chi connectivity index (χ0) is 17.3. The average Bonchev–Trinajstić information content (AvgIpc) is 3.18. The second-order valence-corrected chi connectivity index (χ2v) is 6.36. The van der Waals surface area contributed by atoms with Gasteiger partial charge in [0.1, 0.15) is 0 Å². The number of H-pyrrole nitrogens is 1. The standard InChI is InChI=1S/C18H22N4O2/c1-11-5-6-13-14(9-20-15(13)8-11)18(24)21-10-17(23)22-7-3-4-16(22)12(2)19/h5-6,8-9,16,19-20H,3-4,7,10H2,1-2H3,(H,21,24)/t16-/m0/s1. The second kappa shape index (κ2) is 6.47. The number of nitrogens with one attached hydrogen (secondary N) is 3. The summed E-state index contributed by atoms with van der Waals surface area (Å²) in [6.07, 6.45) is 3.41. The molecule has 1 aromatic heterocycles. The number of aromatic amines is 1. The van der Waals surface area contributed by atoms with Gasteiger partial charge in [-0.15, -0.1) is 0 Å². The summed E-state index contributed by atoms with van der Waals surface area (Å²) < 4.78 is 0. The van der Waals surface area contributed by atoms with Gasteiger partial charge in [0.25, 0.3) is 5.91 Å². The first-order valence-corrected chi connectivity index (χ1v) is 8.18. The van der Waals surface area contributed by atoms with Crippen LogP contribution in [0.2, 0.25) is 0 Å². The molecule has 3 rings (SSSR count). The molecule has 1 atom stereocenters. The molecular weight excluding hydrogens is 304 g/mol. The van der Waals surface area contributed by atoms with Crippen molar-refractivity contribution in [2.75, 3.05) is 13.1 Å². The molecule has 1 aromatic carbocycles. The van der Waals surface area contributed by atoms with E-state index in [1.54, 1.807) is 18.0 Å². The van der Waals surface area contributed by atoms with Crippen molar-refractivity contribution in [2.45, 2.75) is 32.7 Å².